The van der Waals surface area contributed by atoms with Gasteiger partial charge in [0.25, 0.3) is 0 Å². The maximum atomic E-state index is 12.0. The van der Waals surface area contributed by atoms with Crippen molar-refractivity contribution in [1.29, 1.82) is 0 Å². The van der Waals surface area contributed by atoms with E-state index in [1.54, 1.807) is 6.20 Å². The van der Waals surface area contributed by atoms with E-state index in [9.17, 15) is 4.79 Å². The molecule has 0 spiro atoms. The van der Waals surface area contributed by atoms with Gasteiger partial charge in [-0.05, 0) is 31.5 Å². The van der Waals surface area contributed by atoms with Crippen molar-refractivity contribution >= 4 is 22.5 Å². The predicted molar refractivity (Wildman–Crippen MR) is 65.7 cm³/mol. The van der Waals surface area contributed by atoms with Gasteiger partial charge in [0.05, 0.1) is 23.4 Å². The molecule has 5 nitrogen and oxygen atoms in total. The van der Waals surface area contributed by atoms with Gasteiger partial charge >= 0.3 is 0 Å². The minimum absolute atomic E-state index is 0.0381. The molecule has 1 aromatic heterocycles. The first-order chi connectivity index (χ1) is 8.34. The molecule has 0 bridgehead atoms. The summed E-state index contributed by atoms with van der Waals surface area (Å²) in [5.74, 6) is 0.0381. The third kappa shape index (κ3) is 1.89. The summed E-state index contributed by atoms with van der Waals surface area (Å²) < 4.78 is 0. The van der Waals surface area contributed by atoms with Crippen LogP contribution in [0.15, 0.2) is 24.4 Å². The second-order valence-electron chi connectivity index (χ2n) is 4.28. The number of nitrogens with zero attached hydrogens (tertiary/aromatic N) is 1. The normalized spacial score (nSPS) is 19.6. The smallest absolute Gasteiger partial charge is 0.241 e. The Morgan fingerprint density at radius 2 is 2.41 bits per heavy atom. The van der Waals surface area contributed by atoms with Gasteiger partial charge in [0.15, 0.2) is 0 Å². The monoisotopic (exact) mass is 230 g/mol. The number of benzene rings is 1. The average Bonchev–Trinajstić information content (AvgIpc) is 3.00. The molecule has 1 fully saturated rings. The van der Waals surface area contributed by atoms with Crippen LogP contribution in [0.3, 0.4) is 0 Å². The number of hydrogen-bond donors (Lipinski definition) is 3. The minimum atomic E-state index is -0.0582. The topological polar surface area (TPSA) is 69.8 Å². The van der Waals surface area contributed by atoms with Crippen LogP contribution in [0, 0.1) is 0 Å². The lowest BCUT2D eigenvalue weighted by Crippen LogP contribution is -2.35. The number of aromatic nitrogens is 2. The van der Waals surface area contributed by atoms with Crippen LogP contribution in [0.4, 0.5) is 5.69 Å². The molecule has 2 heterocycles. The van der Waals surface area contributed by atoms with Crippen molar-refractivity contribution in [1.82, 2.24) is 15.5 Å². The summed E-state index contributed by atoms with van der Waals surface area (Å²) in [7, 11) is 0. The minimum Gasteiger partial charge on any atom is -0.324 e. The Labute approximate surface area is 98.6 Å². The van der Waals surface area contributed by atoms with Gasteiger partial charge in [-0.2, -0.15) is 5.10 Å². The van der Waals surface area contributed by atoms with E-state index >= 15 is 0 Å². The SMILES string of the molecule is O=C(Nc1cccc2[nH]ncc12)[C@@H]1CCCN1. The molecule has 1 aromatic carbocycles. The molecule has 0 unspecified atom stereocenters. The molecule has 0 aliphatic carbocycles. The highest BCUT2D eigenvalue weighted by atomic mass is 16.2. The number of H-pyrrole nitrogens is 1. The zero-order valence-corrected chi connectivity index (χ0v) is 9.36. The quantitative estimate of drug-likeness (QED) is 0.727. The highest BCUT2D eigenvalue weighted by molar-refractivity contribution is 6.02. The van der Waals surface area contributed by atoms with E-state index in [2.05, 4.69) is 20.8 Å². The summed E-state index contributed by atoms with van der Waals surface area (Å²) in [6.45, 7) is 0.925. The van der Waals surface area contributed by atoms with Gasteiger partial charge in [0.1, 0.15) is 0 Å². The lowest BCUT2D eigenvalue weighted by atomic mass is 10.2. The average molecular weight is 230 g/mol. The molecule has 1 atom stereocenters. The van der Waals surface area contributed by atoms with E-state index in [0.717, 1.165) is 36.0 Å². The Balaban J connectivity index is 1.84. The van der Waals surface area contributed by atoms with Gasteiger partial charge in [0.2, 0.25) is 5.91 Å². The highest BCUT2D eigenvalue weighted by Gasteiger charge is 2.22. The van der Waals surface area contributed by atoms with Gasteiger partial charge in [-0.1, -0.05) is 6.07 Å². The second kappa shape index (κ2) is 4.18. The largest absolute Gasteiger partial charge is 0.324 e. The maximum absolute atomic E-state index is 12.0. The number of anilines is 1. The Hall–Kier alpha value is -1.88. The number of rotatable bonds is 2. The van der Waals surface area contributed by atoms with Crippen molar-refractivity contribution in [3.05, 3.63) is 24.4 Å². The second-order valence-corrected chi connectivity index (χ2v) is 4.28. The standard InChI is InChI=1S/C12H14N4O/c17-12(11-5-2-6-13-11)15-9-3-1-4-10-8(9)7-14-16-10/h1,3-4,7,11,13H,2,5-6H2,(H,14,16)(H,15,17)/t11-/m0/s1. The summed E-state index contributed by atoms with van der Waals surface area (Å²) in [5.41, 5.74) is 1.75. The molecular weight excluding hydrogens is 216 g/mol. The number of carbonyl (C=O) groups excluding carboxylic acids is 1. The number of nitrogens with one attached hydrogen (secondary N) is 3. The molecule has 2 aromatic rings. The summed E-state index contributed by atoms with van der Waals surface area (Å²) in [6.07, 6.45) is 3.70. The van der Waals surface area contributed by atoms with Gasteiger partial charge in [-0.3, -0.25) is 9.89 Å². The zero-order chi connectivity index (χ0) is 11.7. The first-order valence-electron chi connectivity index (χ1n) is 5.81. The molecule has 1 amide bonds. The van der Waals surface area contributed by atoms with Crippen LogP contribution < -0.4 is 10.6 Å². The molecule has 3 N–H and O–H groups in total. The molecule has 3 rings (SSSR count). The molecule has 1 aliphatic heterocycles. The van der Waals surface area contributed by atoms with Crippen molar-refractivity contribution in [2.45, 2.75) is 18.9 Å². The van der Waals surface area contributed by atoms with Gasteiger partial charge < -0.3 is 10.6 Å². The van der Waals surface area contributed by atoms with Crippen LogP contribution in [0.2, 0.25) is 0 Å². The fraction of sp³-hybridized carbons (Fsp3) is 0.333. The van der Waals surface area contributed by atoms with E-state index in [0.29, 0.717) is 0 Å². The van der Waals surface area contributed by atoms with Crippen LogP contribution in [0.5, 0.6) is 0 Å². The zero-order valence-electron chi connectivity index (χ0n) is 9.36. The van der Waals surface area contributed by atoms with E-state index in [4.69, 9.17) is 0 Å². The van der Waals surface area contributed by atoms with Crippen LogP contribution in [-0.2, 0) is 4.79 Å². The maximum Gasteiger partial charge on any atom is 0.241 e. The van der Waals surface area contributed by atoms with Gasteiger partial charge in [-0.25, -0.2) is 0 Å². The molecule has 1 saturated heterocycles. The number of fused-ring (bicyclic) bond motifs is 1. The highest BCUT2D eigenvalue weighted by Crippen LogP contribution is 2.21. The summed E-state index contributed by atoms with van der Waals surface area (Å²) in [4.78, 5) is 12.0. The lowest BCUT2D eigenvalue weighted by Gasteiger charge is -2.11. The van der Waals surface area contributed by atoms with E-state index < -0.39 is 0 Å². The van der Waals surface area contributed by atoms with Crippen LogP contribution in [0.25, 0.3) is 10.9 Å². The van der Waals surface area contributed by atoms with Crippen molar-refractivity contribution in [3.8, 4) is 0 Å². The Kier molecular flexibility index (Phi) is 2.53. The molecule has 17 heavy (non-hydrogen) atoms. The Morgan fingerprint density at radius 1 is 1.47 bits per heavy atom. The molecule has 5 heteroatoms. The van der Waals surface area contributed by atoms with Crippen molar-refractivity contribution in [2.75, 3.05) is 11.9 Å². The van der Waals surface area contributed by atoms with Crippen LogP contribution in [-0.4, -0.2) is 28.7 Å². The van der Waals surface area contributed by atoms with Gasteiger partial charge in [-0.15, -0.1) is 0 Å². The number of aromatic amines is 1. The molecule has 88 valence electrons. The van der Waals surface area contributed by atoms with E-state index in [1.165, 1.54) is 0 Å². The van der Waals surface area contributed by atoms with Crippen molar-refractivity contribution in [3.63, 3.8) is 0 Å². The third-order valence-corrected chi connectivity index (χ3v) is 3.12. The fourth-order valence-corrected chi connectivity index (χ4v) is 2.21. The third-order valence-electron chi connectivity index (χ3n) is 3.12. The summed E-state index contributed by atoms with van der Waals surface area (Å²) in [6, 6.07) is 5.67. The Bertz CT molecular complexity index is 542. The first-order valence-corrected chi connectivity index (χ1v) is 5.81. The van der Waals surface area contributed by atoms with Crippen molar-refractivity contribution in [2.24, 2.45) is 0 Å². The Morgan fingerprint density at radius 3 is 3.24 bits per heavy atom. The summed E-state index contributed by atoms with van der Waals surface area (Å²) >= 11 is 0. The summed E-state index contributed by atoms with van der Waals surface area (Å²) in [5, 5.41) is 13.9. The van der Waals surface area contributed by atoms with Gasteiger partial charge in [0, 0.05) is 5.39 Å². The van der Waals surface area contributed by atoms with Crippen LogP contribution in [0.1, 0.15) is 12.8 Å². The van der Waals surface area contributed by atoms with Crippen molar-refractivity contribution < 1.29 is 4.79 Å². The molecule has 1 aliphatic rings. The molecular formula is C12H14N4O. The van der Waals surface area contributed by atoms with E-state index in [1.807, 2.05) is 18.2 Å². The molecule has 0 saturated carbocycles. The fourth-order valence-electron chi connectivity index (χ4n) is 2.21. The number of hydrogen-bond acceptors (Lipinski definition) is 3. The predicted octanol–water partition coefficient (Wildman–Crippen LogP) is 1.25. The number of amides is 1. The number of carbonyl (C=O) groups is 1. The van der Waals surface area contributed by atoms with E-state index in [-0.39, 0.29) is 11.9 Å². The van der Waals surface area contributed by atoms with Crippen LogP contribution >= 0.6 is 0 Å². The first kappa shape index (κ1) is 10.3. The lowest BCUT2D eigenvalue weighted by molar-refractivity contribution is -0.117. The molecule has 0 radical (unpaired) electrons.